The van der Waals surface area contributed by atoms with E-state index in [1.807, 2.05) is 0 Å². The third-order valence-electron chi connectivity index (χ3n) is 5.71. The van der Waals surface area contributed by atoms with E-state index in [1.165, 1.54) is 18.2 Å². The van der Waals surface area contributed by atoms with Gasteiger partial charge in [-0.05, 0) is 51.2 Å². The van der Waals surface area contributed by atoms with Gasteiger partial charge in [0.15, 0.2) is 12.4 Å². The largest absolute Gasteiger partial charge is 0.508 e. The van der Waals surface area contributed by atoms with Gasteiger partial charge in [-0.25, -0.2) is 9.18 Å². The Hall–Kier alpha value is -4.03. The van der Waals surface area contributed by atoms with Crippen LogP contribution in [-0.4, -0.2) is 66.9 Å². The Morgan fingerprint density at radius 1 is 1.03 bits per heavy atom. The molecule has 13 heteroatoms. The summed E-state index contributed by atoms with van der Waals surface area (Å²) in [6.07, 6.45) is -1.05. The summed E-state index contributed by atoms with van der Waals surface area (Å²) in [5.41, 5.74) is -0.209. The zero-order chi connectivity index (χ0) is 29.1. The summed E-state index contributed by atoms with van der Waals surface area (Å²) < 4.78 is 23.5. The zero-order valence-corrected chi connectivity index (χ0v) is 22.4. The molecule has 1 aliphatic heterocycles. The number of hydrogen-bond acceptors (Lipinski definition) is 8. The predicted molar refractivity (Wildman–Crippen MR) is 137 cm³/mol. The molecule has 0 unspecified atom stereocenters. The van der Waals surface area contributed by atoms with E-state index < -0.39 is 66.2 Å². The second-order valence-corrected chi connectivity index (χ2v) is 9.83. The van der Waals surface area contributed by atoms with Gasteiger partial charge in [-0.1, -0.05) is 26.0 Å². The lowest BCUT2D eigenvalue weighted by Gasteiger charge is -2.25. The van der Waals surface area contributed by atoms with Crippen molar-refractivity contribution in [2.24, 2.45) is 11.8 Å². The van der Waals surface area contributed by atoms with Gasteiger partial charge in [-0.3, -0.25) is 24.0 Å². The SMILES string of the molecule is CC(C)C[C@H](NC(=O)C(=O)Nc1ccccc1F)C(=O)N[C@@H](C[C@@H]1CCNC1=O)C(=O)COC(=O)OC(C)C. The van der Waals surface area contributed by atoms with Gasteiger partial charge in [0, 0.05) is 12.5 Å². The molecule has 0 bridgehead atoms. The van der Waals surface area contributed by atoms with Crippen molar-refractivity contribution >= 4 is 41.3 Å². The van der Waals surface area contributed by atoms with Crippen LogP contribution >= 0.6 is 0 Å². The smallest absolute Gasteiger partial charge is 0.432 e. The third kappa shape index (κ3) is 10.3. The Kier molecular flexibility index (Phi) is 11.8. The number of carbonyl (C=O) groups is 6. The predicted octanol–water partition coefficient (Wildman–Crippen LogP) is 1.44. The number of amides is 4. The molecule has 214 valence electrons. The lowest BCUT2D eigenvalue weighted by atomic mass is 9.95. The van der Waals surface area contributed by atoms with E-state index in [2.05, 4.69) is 21.3 Å². The van der Waals surface area contributed by atoms with E-state index in [9.17, 15) is 33.2 Å². The number of ketones is 1. The van der Waals surface area contributed by atoms with Gasteiger partial charge in [-0.15, -0.1) is 0 Å². The first-order valence-corrected chi connectivity index (χ1v) is 12.7. The molecule has 1 fully saturated rings. The molecule has 0 spiro atoms. The fourth-order valence-corrected chi connectivity index (χ4v) is 3.82. The molecule has 1 aromatic rings. The standard InChI is InChI=1S/C26H35FN4O8/c1-14(2)11-20(31-25(36)24(35)29-18-8-6-5-7-17(18)27)23(34)30-19(12-16-9-10-28-22(16)33)21(32)13-38-26(37)39-15(3)4/h5-8,14-16,19-20H,9-13H2,1-4H3,(H,28,33)(H,29,35)(H,30,34)(H,31,36)/t16-,19-,20-/m0/s1. The first-order chi connectivity index (χ1) is 18.4. The molecule has 0 radical (unpaired) electrons. The van der Waals surface area contributed by atoms with E-state index in [0.717, 1.165) is 6.07 Å². The van der Waals surface area contributed by atoms with Crippen molar-refractivity contribution in [2.45, 2.75) is 65.1 Å². The maximum absolute atomic E-state index is 13.9. The first-order valence-electron chi connectivity index (χ1n) is 12.7. The zero-order valence-electron chi connectivity index (χ0n) is 22.4. The van der Waals surface area contributed by atoms with Crippen molar-refractivity contribution in [3.8, 4) is 0 Å². The fourth-order valence-electron chi connectivity index (χ4n) is 3.82. The average molecular weight is 551 g/mol. The molecule has 1 heterocycles. The van der Waals surface area contributed by atoms with E-state index in [-0.39, 0.29) is 30.4 Å². The summed E-state index contributed by atoms with van der Waals surface area (Å²) in [6, 6.07) is 2.81. The van der Waals surface area contributed by atoms with E-state index >= 15 is 0 Å². The Bertz CT molecular complexity index is 1080. The van der Waals surface area contributed by atoms with Gasteiger partial charge in [0.2, 0.25) is 11.8 Å². The second-order valence-electron chi connectivity index (χ2n) is 9.83. The van der Waals surface area contributed by atoms with Crippen LogP contribution in [0.1, 0.15) is 47.0 Å². The number of hydrogen-bond donors (Lipinski definition) is 4. The highest BCUT2D eigenvalue weighted by molar-refractivity contribution is 6.40. The number of anilines is 1. The highest BCUT2D eigenvalue weighted by atomic mass is 19.1. The number of nitrogens with one attached hydrogen (secondary N) is 4. The van der Waals surface area contributed by atoms with Crippen molar-refractivity contribution in [1.82, 2.24) is 16.0 Å². The summed E-state index contributed by atoms with van der Waals surface area (Å²) in [7, 11) is 0. The third-order valence-corrected chi connectivity index (χ3v) is 5.71. The van der Waals surface area contributed by atoms with Gasteiger partial charge in [0.25, 0.3) is 0 Å². The van der Waals surface area contributed by atoms with Crippen LogP contribution in [0.15, 0.2) is 24.3 Å². The molecule has 1 saturated heterocycles. The van der Waals surface area contributed by atoms with Crippen molar-refractivity contribution < 1.29 is 42.6 Å². The van der Waals surface area contributed by atoms with Crippen molar-refractivity contribution in [3.63, 3.8) is 0 Å². The van der Waals surface area contributed by atoms with Gasteiger partial charge in [0.05, 0.1) is 17.8 Å². The number of ether oxygens (including phenoxy) is 2. The number of benzene rings is 1. The summed E-state index contributed by atoms with van der Waals surface area (Å²) in [5.74, 6) is -5.53. The molecular formula is C26H35FN4O8. The summed E-state index contributed by atoms with van der Waals surface area (Å²) >= 11 is 0. The highest BCUT2D eigenvalue weighted by Crippen LogP contribution is 2.18. The summed E-state index contributed by atoms with van der Waals surface area (Å²) in [4.78, 5) is 74.8. The number of halogens is 1. The van der Waals surface area contributed by atoms with Gasteiger partial charge in [0.1, 0.15) is 11.9 Å². The quantitative estimate of drug-likeness (QED) is 0.224. The summed E-state index contributed by atoms with van der Waals surface area (Å²) in [6.45, 7) is 6.47. The van der Waals surface area contributed by atoms with Gasteiger partial charge in [-0.2, -0.15) is 0 Å². The molecule has 0 aliphatic carbocycles. The topological polar surface area (TPSA) is 169 Å². The highest BCUT2D eigenvalue weighted by Gasteiger charge is 2.34. The maximum atomic E-state index is 13.9. The lowest BCUT2D eigenvalue weighted by Crippen LogP contribution is -2.54. The van der Waals surface area contributed by atoms with Gasteiger partial charge < -0.3 is 30.7 Å². The molecule has 39 heavy (non-hydrogen) atoms. The molecule has 4 amide bonds. The number of rotatable bonds is 12. The van der Waals surface area contributed by atoms with Crippen LogP contribution in [0.4, 0.5) is 14.9 Å². The van der Waals surface area contributed by atoms with E-state index in [4.69, 9.17) is 9.47 Å². The second kappa shape index (κ2) is 14.8. The van der Waals surface area contributed by atoms with Crippen LogP contribution in [0, 0.1) is 17.7 Å². The fraction of sp³-hybridized carbons (Fsp3) is 0.538. The molecule has 1 aliphatic rings. The van der Waals surface area contributed by atoms with Gasteiger partial charge >= 0.3 is 18.0 Å². The maximum Gasteiger partial charge on any atom is 0.508 e. The van der Waals surface area contributed by atoms with Crippen LogP contribution in [-0.2, 0) is 33.4 Å². The average Bonchev–Trinajstić information content (AvgIpc) is 3.26. The Morgan fingerprint density at radius 2 is 1.72 bits per heavy atom. The summed E-state index contributed by atoms with van der Waals surface area (Å²) in [5, 5.41) is 9.65. The normalized spacial score (nSPS) is 16.2. The minimum atomic E-state index is -1.23. The Balaban J connectivity index is 2.12. The van der Waals surface area contributed by atoms with Crippen LogP contribution in [0.2, 0.25) is 0 Å². The molecular weight excluding hydrogens is 515 g/mol. The molecule has 3 atom stereocenters. The number of para-hydroxylation sites is 1. The number of Topliss-reactive ketones (excluding diaryl/α,β-unsaturated/α-hetero) is 1. The Labute approximate surface area is 225 Å². The molecule has 2 rings (SSSR count). The van der Waals surface area contributed by atoms with Crippen LogP contribution in [0.25, 0.3) is 0 Å². The van der Waals surface area contributed by atoms with Crippen LogP contribution in [0.5, 0.6) is 0 Å². The molecule has 0 saturated carbocycles. The molecule has 1 aromatic carbocycles. The monoisotopic (exact) mass is 550 g/mol. The van der Waals surface area contributed by atoms with E-state index in [1.54, 1.807) is 27.7 Å². The van der Waals surface area contributed by atoms with Crippen molar-refractivity contribution in [3.05, 3.63) is 30.1 Å². The molecule has 4 N–H and O–H groups in total. The Morgan fingerprint density at radius 3 is 2.31 bits per heavy atom. The molecule has 0 aromatic heterocycles. The lowest BCUT2D eigenvalue weighted by molar-refractivity contribution is -0.138. The minimum absolute atomic E-state index is 0.0604. The van der Waals surface area contributed by atoms with Crippen molar-refractivity contribution in [2.75, 3.05) is 18.5 Å². The van der Waals surface area contributed by atoms with Crippen LogP contribution < -0.4 is 21.3 Å². The van der Waals surface area contributed by atoms with Crippen LogP contribution in [0.3, 0.4) is 0 Å². The minimum Gasteiger partial charge on any atom is -0.432 e. The molecule has 12 nitrogen and oxygen atoms in total. The van der Waals surface area contributed by atoms with Crippen molar-refractivity contribution in [1.29, 1.82) is 0 Å². The number of carbonyl (C=O) groups excluding carboxylic acids is 6. The first kappa shape index (κ1) is 31.2. The van der Waals surface area contributed by atoms with E-state index in [0.29, 0.717) is 13.0 Å².